The average Bonchev–Trinajstić information content (AvgIpc) is 3.15. The van der Waals surface area contributed by atoms with E-state index in [1.54, 1.807) is 38.1 Å². The zero-order chi connectivity index (χ0) is 21.8. The van der Waals surface area contributed by atoms with Gasteiger partial charge in [-0.15, -0.1) is 0 Å². The maximum Gasteiger partial charge on any atom is 0.360 e. The maximum absolute atomic E-state index is 12.4. The molecule has 10 nitrogen and oxygen atoms in total. The van der Waals surface area contributed by atoms with Gasteiger partial charge >= 0.3 is 11.9 Å². The Balaban J connectivity index is 1.66. The van der Waals surface area contributed by atoms with Crippen LogP contribution >= 0.6 is 0 Å². The number of para-hydroxylation sites is 2. The first kappa shape index (κ1) is 20.2. The molecule has 0 aliphatic carbocycles. The molecule has 2 heterocycles. The number of benzene rings is 2. The van der Waals surface area contributed by atoms with Crippen LogP contribution in [0.25, 0.3) is 22.1 Å². The summed E-state index contributed by atoms with van der Waals surface area (Å²) in [6.45, 7) is 3.91. The molecule has 0 aliphatic rings. The average molecular weight is 420 g/mol. The minimum Gasteiger partial charge on any atom is -0.465 e. The number of nitrogens with zero attached hydrogens (tertiary/aromatic N) is 5. The van der Waals surface area contributed by atoms with Gasteiger partial charge in [0.15, 0.2) is 18.1 Å². The lowest BCUT2D eigenvalue weighted by molar-refractivity contribution is -0.144. The molecule has 0 unspecified atom stereocenters. The van der Waals surface area contributed by atoms with E-state index in [4.69, 9.17) is 9.47 Å². The van der Waals surface area contributed by atoms with Gasteiger partial charge < -0.3 is 14.8 Å². The molecule has 0 saturated carbocycles. The second-order valence-corrected chi connectivity index (χ2v) is 6.49. The van der Waals surface area contributed by atoms with Crippen LogP contribution in [0.2, 0.25) is 0 Å². The predicted octanol–water partition coefficient (Wildman–Crippen LogP) is 2.86. The predicted molar refractivity (Wildman–Crippen MR) is 113 cm³/mol. The van der Waals surface area contributed by atoms with Crippen molar-refractivity contribution < 1.29 is 19.1 Å². The lowest BCUT2D eigenvalue weighted by Crippen LogP contribution is -2.15. The van der Waals surface area contributed by atoms with E-state index in [9.17, 15) is 9.59 Å². The molecule has 4 rings (SSSR count). The summed E-state index contributed by atoms with van der Waals surface area (Å²) in [4.78, 5) is 34.4. The van der Waals surface area contributed by atoms with Crippen molar-refractivity contribution in [2.45, 2.75) is 20.4 Å². The fourth-order valence-corrected chi connectivity index (χ4v) is 3.00. The monoisotopic (exact) mass is 420 g/mol. The number of fused-ring (bicyclic) bond motifs is 2. The lowest BCUT2D eigenvalue weighted by Gasteiger charge is -2.11. The molecule has 0 bridgehead atoms. The summed E-state index contributed by atoms with van der Waals surface area (Å²) < 4.78 is 10.1. The molecular formula is C21H20N6O4. The maximum atomic E-state index is 12.4. The standard InChI is InChI=1S/C21H20N6O4/c1-3-30-18(28)12-27-25-16-10-9-13(11-17(16)26-27)22-20-19(21(29)31-4-2)23-14-7-5-6-8-15(14)24-20/h5-11H,3-4,12H2,1-2H3,(H,22,24). The van der Waals surface area contributed by atoms with Gasteiger partial charge in [0.25, 0.3) is 0 Å². The van der Waals surface area contributed by atoms with E-state index in [1.165, 1.54) is 4.80 Å². The summed E-state index contributed by atoms with van der Waals surface area (Å²) in [5.41, 5.74) is 3.14. The molecule has 0 amide bonds. The zero-order valence-electron chi connectivity index (χ0n) is 17.0. The molecule has 2 aromatic heterocycles. The largest absolute Gasteiger partial charge is 0.465 e. The summed E-state index contributed by atoms with van der Waals surface area (Å²) in [5.74, 6) is -0.702. The Morgan fingerprint density at radius 1 is 0.903 bits per heavy atom. The van der Waals surface area contributed by atoms with E-state index in [1.807, 2.05) is 18.2 Å². The molecule has 31 heavy (non-hydrogen) atoms. The van der Waals surface area contributed by atoms with Gasteiger partial charge in [-0.25, -0.2) is 19.6 Å². The summed E-state index contributed by atoms with van der Waals surface area (Å²) >= 11 is 0. The third kappa shape index (κ3) is 4.42. The summed E-state index contributed by atoms with van der Waals surface area (Å²) in [6.07, 6.45) is 0. The highest BCUT2D eigenvalue weighted by molar-refractivity contribution is 5.96. The second-order valence-electron chi connectivity index (χ2n) is 6.49. The van der Waals surface area contributed by atoms with Gasteiger partial charge in [-0.05, 0) is 44.2 Å². The van der Waals surface area contributed by atoms with Gasteiger partial charge in [-0.1, -0.05) is 12.1 Å². The Kier molecular flexibility index (Phi) is 5.69. The Morgan fingerprint density at radius 2 is 1.61 bits per heavy atom. The number of carbonyl (C=O) groups is 2. The molecule has 4 aromatic rings. The van der Waals surface area contributed by atoms with E-state index >= 15 is 0 Å². The molecule has 0 saturated heterocycles. The molecule has 158 valence electrons. The van der Waals surface area contributed by atoms with Gasteiger partial charge in [0, 0.05) is 5.69 Å². The lowest BCUT2D eigenvalue weighted by atomic mass is 10.2. The Morgan fingerprint density at radius 3 is 2.35 bits per heavy atom. The van der Waals surface area contributed by atoms with Crippen molar-refractivity contribution in [3.63, 3.8) is 0 Å². The fraction of sp³-hybridized carbons (Fsp3) is 0.238. The van der Waals surface area contributed by atoms with Crippen molar-refractivity contribution in [1.82, 2.24) is 25.0 Å². The van der Waals surface area contributed by atoms with Crippen LogP contribution in [0.4, 0.5) is 11.5 Å². The summed E-state index contributed by atoms with van der Waals surface area (Å²) in [7, 11) is 0. The van der Waals surface area contributed by atoms with E-state index in [0.29, 0.717) is 34.4 Å². The third-order valence-electron chi connectivity index (χ3n) is 4.30. The van der Waals surface area contributed by atoms with Crippen LogP contribution in [0, 0.1) is 0 Å². The van der Waals surface area contributed by atoms with Gasteiger partial charge in [0.1, 0.15) is 11.0 Å². The highest BCUT2D eigenvalue weighted by Crippen LogP contribution is 2.24. The smallest absolute Gasteiger partial charge is 0.360 e. The zero-order valence-corrected chi connectivity index (χ0v) is 17.0. The second kappa shape index (κ2) is 8.74. The number of carbonyl (C=O) groups excluding carboxylic acids is 2. The van der Waals surface area contributed by atoms with E-state index < -0.39 is 11.9 Å². The SMILES string of the molecule is CCOC(=O)Cn1nc2ccc(Nc3nc4ccccc4nc3C(=O)OCC)cc2n1. The molecule has 0 fully saturated rings. The van der Waals surface area contributed by atoms with Gasteiger partial charge in [-0.3, -0.25) is 0 Å². The van der Waals surface area contributed by atoms with Gasteiger partial charge in [-0.2, -0.15) is 15.0 Å². The summed E-state index contributed by atoms with van der Waals surface area (Å²) in [5, 5.41) is 11.7. The van der Waals surface area contributed by atoms with Crippen molar-refractivity contribution in [1.29, 1.82) is 0 Å². The van der Waals surface area contributed by atoms with Gasteiger partial charge in [0.2, 0.25) is 0 Å². The van der Waals surface area contributed by atoms with E-state index in [2.05, 4.69) is 25.5 Å². The van der Waals surface area contributed by atoms with Crippen molar-refractivity contribution in [2.75, 3.05) is 18.5 Å². The number of esters is 2. The van der Waals surface area contributed by atoms with E-state index in [0.717, 1.165) is 0 Å². The summed E-state index contributed by atoms with van der Waals surface area (Å²) in [6, 6.07) is 12.5. The van der Waals surface area contributed by atoms with Crippen LogP contribution in [0.1, 0.15) is 24.3 Å². The molecule has 0 atom stereocenters. The molecular weight excluding hydrogens is 400 g/mol. The Labute approximate surface area is 177 Å². The minimum atomic E-state index is -0.565. The molecule has 0 aliphatic heterocycles. The van der Waals surface area contributed by atoms with Crippen molar-refractivity contribution in [3.05, 3.63) is 48.2 Å². The Hall–Kier alpha value is -4.08. The van der Waals surface area contributed by atoms with Crippen LogP contribution in [-0.2, 0) is 20.8 Å². The number of aromatic nitrogens is 5. The minimum absolute atomic E-state index is 0.0750. The van der Waals surface area contributed by atoms with Crippen LogP contribution in [0.15, 0.2) is 42.5 Å². The van der Waals surface area contributed by atoms with Crippen LogP contribution < -0.4 is 5.32 Å². The molecule has 0 radical (unpaired) electrons. The van der Waals surface area contributed by atoms with Crippen molar-refractivity contribution in [3.8, 4) is 0 Å². The number of nitrogens with one attached hydrogen (secondary N) is 1. The topological polar surface area (TPSA) is 121 Å². The fourth-order valence-electron chi connectivity index (χ4n) is 3.00. The number of ether oxygens (including phenoxy) is 2. The first-order valence-electron chi connectivity index (χ1n) is 9.78. The number of hydrogen-bond donors (Lipinski definition) is 1. The molecule has 10 heteroatoms. The highest BCUT2D eigenvalue weighted by Gasteiger charge is 2.18. The molecule has 1 N–H and O–H groups in total. The normalized spacial score (nSPS) is 10.9. The molecule has 2 aromatic carbocycles. The number of hydrogen-bond acceptors (Lipinski definition) is 9. The van der Waals surface area contributed by atoms with E-state index in [-0.39, 0.29) is 24.7 Å². The van der Waals surface area contributed by atoms with Crippen LogP contribution in [0.5, 0.6) is 0 Å². The third-order valence-corrected chi connectivity index (χ3v) is 4.30. The first-order valence-corrected chi connectivity index (χ1v) is 9.78. The quantitative estimate of drug-likeness (QED) is 0.450. The van der Waals surface area contributed by atoms with Crippen LogP contribution in [0.3, 0.4) is 0 Å². The van der Waals surface area contributed by atoms with Crippen LogP contribution in [-0.4, -0.2) is 50.1 Å². The van der Waals surface area contributed by atoms with Crippen molar-refractivity contribution >= 4 is 45.5 Å². The highest BCUT2D eigenvalue weighted by atomic mass is 16.5. The van der Waals surface area contributed by atoms with Gasteiger partial charge in [0.05, 0.1) is 24.2 Å². The number of anilines is 2. The number of rotatable bonds is 7. The van der Waals surface area contributed by atoms with Crippen molar-refractivity contribution in [2.24, 2.45) is 0 Å². The Bertz CT molecular complexity index is 1270. The first-order chi connectivity index (χ1) is 15.1. The molecule has 0 spiro atoms.